The summed E-state index contributed by atoms with van der Waals surface area (Å²) in [6, 6.07) is 7.81. The van der Waals surface area contributed by atoms with Gasteiger partial charge < -0.3 is 4.74 Å². The van der Waals surface area contributed by atoms with E-state index < -0.39 is 5.97 Å². The Morgan fingerprint density at radius 1 is 1.26 bits per heavy atom. The Balaban J connectivity index is 1.80. The number of carbonyl (C=O) groups is 1. The molecule has 0 aliphatic heterocycles. The van der Waals surface area contributed by atoms with Gasteiger partial charge in [-0.25, -0.2) is 4.79 Å². The number of benzene rings is 1. The van der Waals surface area contributed by atoms with Gasteiger partial charge >= 0.3 is 5.97 Å². The van der Waals surface area contributed by atoms with Crippen molar-refractivity contribution >= 4 is 5.97 Å². The fraction of sp³-hybridized carbons (Fsp3) is 0.286. The lowest BCUT2D eigenvalue weighted by molar-refractivity contribution is 0.0518. The minimum atomic E-state index is -0.503. The van der Waals surface area contributed by atoms with E-state index in [1.165, 1.54) is 11.0 Å². The van der Waals surface area contributed by atoms with E-state index >= 15 is 0 Å². The largest absolute Gasteiger partial charge is 0.461 e. The topological polar surface area (TPSA) is 101 Å². The number of ether oxygens (including phenoxy) is 1. The molecule has 2 aromatic heterocycles. The predicted octanol–water partition coefficient (Wildman–Crippen LogP) is 0.787. The van der Waals surface area contributed by atoms with Crippen LogP contribution in [0.4, 0.5) is 0 Å². The lowest BCUT2D eigenvalue weighted by Crippen LogP contribution is -2.12. The van der Waals surface area contributed by atoms with Crippen LogP contribution in [0.25, 0.3) is 5.69 Å². The van der Waals surface area contributed by atoms with Gasteiger partial charge in [0.15, 0.2) is 11.5 Å². The van der Waals surface area contributed by atoms with E-state index in [1.54, 1.807) is 11.6 Å². The molecule has 0 radical (unpaired) electrons. The van der Waals surface area contributed by atoms with Crippen molar-refractivity contribution in [1.29, 1.82) is 0 Å². The van der Waals surface area contributed by atoms with Crippen LogP contribution in [0.2, 0.25) is 0 Å². The van der Waals surface area contributed by atoms with Crippen LogP contribution in [0.3, 0.4) is 0 Å². The Morgan fingerprint density at radius 2 is 2.04 bits per heavy atom. The van der Waals surface area contributed by atoms with E-state index in [9.17, 15) is 4.79 Å². The zero-order valence-corrected chi connectivity index (χ0v) is 12.7. The molecule has 0 unspecified atom stereocenters. The van der Waals surface area contributed by atoms with E-state index in [0.717, 1.165) is 11.3 Å². The van der Waals surface area contributed by atoms with Crippen LogP contribution in [-0.2, 0) is 11.3 Å². The van der Waals surface area contributed by atoms with Crippen molar-refractivity contribution in [3.63, 3.8) is 0 Å². The second-order valence-corrected chi connectivity index (χ2v) is 4.82. The molecule has 0 bridgehead atoms. The standard InChI is InChI=1S/C14H15N7O2/c1-3-23-14(22)12-8-15-20(17-12)9-13-16-18-19-21(13)11-6-4-10(2)5-7-11/h4-8H,3,9H2,1-2H3. The molecule has 0 aliphatic rings. The monoisotopic (exact) mass is 313 g/mol. The summed E-state index contributed by atoms with van der Waals surface area (Å²) >= 11 is 0. The number of hydrogen-bond acceptors (Lipinski definition) is 7. The van der Waals surface area contributed by atoms with E-state index in [0.29, 0.717) is 5.82 Å². The molecule has 0 saturated heterocycles. The number of carbonyl (C=O) groups excluding carboxylic acids is 1. The summed E-state index contributed by atoms with van der Waals surface area (Å²) in [4.78, 5) is 12.9. The number of tetrazole rings is 1. The zero-order valence-electron chi connectivity index (χ0n) is 12.7. The first-order valence-electron chi connectivity index (χ1n) is 7.09. The first-order valence-corrected chi connectivity index (χ1v) is 7.09. The summed E-state index contributed by atoms with van der Waals surface area (Å²) in [6.07, 6.45) is 1.36. The third kappa shape index (κ3) is 3.23. The van der Waals surface area contributed by atoms with Gasteiger partial charge in [-0.1, -0.05) is 17.7 Å². The van der Waals surface area contributed by atoms with Gasteiger partial charge in [-0.15, -0.1) is 10.2 Å². The van der Waals surface area contributed by atoms with Crippen LogP contribution in [0.1, 0.15) is 28.8 Å². The first-order chi connectivity index (χ1) is 11.2. The molecular weight excluding hydrogens is 298 g/mol. The summed E-state index contributed by atoms with van der Waals surface area (Å²) in [6.45, 7) is 4.27. The smallest absolute Gasteiger partial charge is 0.360 e. The molecule has 3 rings (SSSR count). The average molecular weight is 313 g/mol. The summed E-state index contributed by atoms with van der Waals surface area (Å²) in [5.41, 5.74) is 2.14. The molecule has 0 amide bonds. The minimum Gasteiger partial charge on any atom is -0.461 e. The summed E-state index contributed by atoms with van der Waals surface area (Å²) in [7, 11) is 0. The highest BCUT2D eigenvalue weighted by Crippen LogP contribution is 2.10. The molecule has 118 valence electrons. The van der Waals surface area contributed by atoms with Gasteiger partial charge in [0.25, 0.3) is 0 Å². The van der Waals surface area contributed by atoms with Gasteiger partial charge in [-0.05, 0) is 36.4 Å². The molecule has 0 fully saturated rings. The molecule has 0 N–H and O–H groups in total. The van der Waals surface area contributed by atoms with Gasteiger partial charge in [0, 0.05) is 0 Å². The normalized spacial score (nSPS) is 10.7. The van der Waals surface area contributed by atoms with Crippen LogP contribution < -0.4 is 0 Å². The number of nitrogens with zero attached hydrogens (tertiary/aromatic N) is 7. The molecule has 0 saturated carbocycles. The maximum Gasteiger partial charge on any atom is 0.360 e. The van der Waals surface area contributed by atoms with Crippen molar-refractivity contribution in [2.75, 3.05) is 6.61 Å². The Labute approximate surface area is 131 Å². The second kappa shape index (κ2) is 6.34. The van der Waals surface area contributed by atoms with Crippen LogP contribution in [0.5, 0.6) is 0 Å². The van der Waals surface area contributed by atoms with Crippen molar-refractivity contribution in [3.8, 4) is 5.69 Å². The van der Waals surface area contributed by atoms with Gasteiger partial charge in [0.2, 0.25) is 0 Å². The number of hydrogen-bond donors (Lipinski definition) is 0. The summed E-state index contributed by atoms with van der Waals surface area (Å²) in [5.74, 6) is 0.0525. The third-order valence-corrected chi connectivity index (χ3v) is 3.12. The number of esters is 1. The van der Waals surface area contributed by atoms with Crippen LogP contribution in [0.15, 0.2) is 30.5 Å². The maximum absolute atomic E-state index is 11.6. The lowest BCUT2D eigenvalue weighted by atomic mass is 10.2. The van der Waals surface area contributed by atoms with E-state index in [4.69, 9.17) is 4.74 Å². The predicted molar refractivity (Wildman–Crippen MR) is 79.0 cm³/mol. The summed E-state index contributed by atoms with van der Waals surface area (Å²) < 4.78 is 6.48. The van der Waals surface area contributed by atoms with Crippen molar-refractivity contribution in [1.82, 2.24) is 35.2 Å². The molecule has 9 heteroatoms. The highest BCUT2D eigenvalue weighted by Gasteiger charge is 2.14. The summed E-state index contributed by atoms with van der Waals surface area (Å²) in [5, 5.41) is 19.8. The molecule has 3 aromatic rings. The van der Waals surface area contributed by atoms with Crippen molar-refractivity contribution in [2.45, 2.75) is 20.4 Å². The van der Waals surface area contributed by atoms with Crippen LogP contribution >= 0.6 is 0 Å². The SMILES string of the molecule is CCOC(=O)c1cnn(Cc2nnnn2-c2ccc(C)cc2)n1. The third-order valence-electron chi connectivity index (χ3n) is 3.12. The van der Waals surface area contributed by atoms with Crippen molar-refractivity contribution in [3.05, 3.63) is 47.5 Å². The molecule has 1 aromatic carbocycles. The zero-order chi connectivity index (χ0) is 16.2. The lowest BCUT2D eigenvalue weighted by Gasteiger charge is -2.04. The Bertz CT molecular complexity index is 807. The van der Waals surface area contributed by atoms with Gasteiger partial charge in [0.1, 0.15) is 6.54 Å². The molecular formula is C14H15N7O2. The number of aromatic nitrogens is 7. The van der Waals surface area contributed by atoms with E-state index in [2.05, 4.69) is 25.7 Å². The molecule has 0 spiro atoms. The molecule has 0 atom stereocenters. The highest BCUT2D eigenvalue weighted by molar-refractivity contribution is 5.86. The Morgan fingerprint density at radius 3 is 2.78 bits per heavy atom. The van der Waals surface area contributed by atoms with Crippen molar-refractivity contribution < 1.29 is 9.53 Å². The van der Waals surface area contributed by atoms with Crippen LogP contribution in [-0.4, -0.2) is 47.8 Å². The van der Waals surface area contributed by atoms with E-state index in [-0.39, 0.29) is 18.8 Å². The Kier molecular flexibility index (Phi) is 4.09. The fourth-order valence-electron chi connectivity index (χ4n) is 1.99. The van der Waals surface area contributed by atoms with Gasteiger partial charge in [-0.2, -0.15) is 14.6 Å². The minimum absolute atomic E-state index is 0.154. The quantitative estimate of drug-likeness (QED) is 0.642. The number of rotatable bonds is 5. The van der Waals surface area contributed by atoms with Crippen molar-refractivity contribution in [2.24, 2.45) is 0 Å². The van der Waals surface area contributed by atoms with Crippen LogP contribution in [0, 0.1) is 6.92 Å². The Hall–Kier alpha value is -3.10. The van der Waals surface area contributed by atoms with Gasteiger partial charge in [0.05, 0.1) is 18.5 Å². The van der Waals surface area contributed by atoms with Gasteiger partial charge in [-0.3, -0.25) is 0 Å². The second-order valence-electron chi connectivity index (χ2n) is 4.82. The molecule has 9 nitrogen and oxygen atoms in total. The maximum atomic E-state index is 11.6. The van der Waals surface area contributed by atoms with E-state index in [1.807, 2.05) is 31.2 Å². The number of aryl methyl sites for hydroxylation is 1. The molecule has 23 heavy (non-hydrogen) atoms. The first kappa shape index (κ1) is 14.8. The fourth-order valence-corrected chi connectivity index (χ4v) is 1.99. The molecule has 0 aliphatic carbocycles. The molecule has 2 heterocycles. The average Bonchev–Trinajstić information content (AvgIpc) is 3.18. The highest BCUT2D eigenvalue weighted by atomic mass is 16.5.